The third-order valence-electron chi connectivity index (χ3n) is 9.34. The first kappa shape index (κ1) is 27.2. The van der Waals surface area contributed by atoms with E-state index in [1.54, 1.807) is 11.0 Å². The maximum absolute atomic E-state index is 13.5. The number of anilines is 1. The van der Waals surface area contributed by atoms with Crippen molar-refractivity contribution in [2.45, 2.75) is 77.3 Å². The van der Waals surface area contributed by atoms with E-state index in [-0.39, 0.29) is 17.4 Å². The molecule has 2 aromatic carbocycles. The minimum absolute atomic E-state index is 0.147. The van der Waals surface area contributed by atoms with Crippen LogP contribution < -0.4 is 10.2 Å². The number of hydrogen-bond acceptors (Lipinski definition) is 5. The summed E-state index contributed by atoms with van der Waals surface area (Å²) in [5.74, 6) is -0.371. The molecule has 9 heteroatoms. The van der Waals surface area contributed by atoms with E-state index in [1.807, 2.05) is 42.3 Å². The lowest BCUT2D eigenvalue weighted by atomic mass is 9.69. The van der Waals surface area contributed by atoms with Crippen LogP contribution in [-0.4, -0.2) is 57.9 Å². The molecule has 41 heavy (non-hydrogen) atoms. The Balaban J connectivity index is 1.20. The van der Waals surface area contributed by atoms with Gasteiger partial charge < -0.3 is 4.90 Å². The molecular weight excluding hydrogens is 518 g/mol. The zero-order chi connectivity index (χ0) is 28.7. The highest BCUT2D eigenvalue weighted by molar-refractivity contribution is 6.27. The van der Waals surface area contributed by atoms with Crippen LogP contribution in [0.3, 0.4) is 0 Å². The van der Waals surface area contributed by atoms with Gasteiger partial charge in [0.25, 0.3) is 5.91 Å². The highest BCUT2D eigenvalue weighted by Crippen LogP contribution is 2.43. The Bertz CT molecular complexity index is 1520. The average molecular weight is 556 g/mol. The highest BCUT2D eigenvalue weighted by atomic mass is 16.2. The second-order valence-corrected chi connectivity index (χ2v) is 12.0. The number of rotatable bonds is 9. The lowest BCUT2D eigenvalue weighted by Gasteiger charge is -2.43. The molecule has 3 heterocycles. The Morgan fingerprint density at radius 3 is 2.63 bits per heavy atom. The van der Waals surface area contributed by atoms with Crippen LogP contribution in [0.1, 0.15) is 86.3 Å². The van der Waals surface area contributed by atoms with Gasteiger partial charge in [-0.15, -0.1) is 0 Å². The third kappa shape index (κ3) is 4.71. The van der Waals surface area contributed by atoms with Gasteiger partial charge in [-0.05, 0) is 60.7 Å². The lowest BCUT2D eigenvalue weighted by Crippen LogP contribution is -2.49. The van der Waals surface area contributed by atoms with Gasteiger partial charge in [-0.3, -0.25) is 34.1 Å². The minimum Gasteiger partial charge on any atom is -0.342 e. The number of carbonyl (C=O) groups excluding carboxylic acids is 4. The van der Waals surface area contributed by atoms with Crippen LogP contribution in [0.2, 0.25) is 0 Å². The fraction of sp³-hybridized carbons (Fsp3) is 0.469. The number of hydrogen-bond donors (Lipinski definition) is 1. The van der Waals surface area contributed by atoms with Crippen molar-refractivity contribution in [3.8, 4) is 0 Å². The summed E-state index contributed by atoms with van der Waals surface area (Å²) in [4.78, 5) is 53.7. The van der Waals surface area contributed by atoms with E-state index in [0.29, 0.717) is 42.8 Å². The molecule has 1 atom stereocenters. The van der Waals surface area contributed by atoms with Crippen LogP contribution in [0.15, 0.2) is 42.7 Å². The SMILES string of the molecule is CCCC(C(=O)NC=O)N1C(=O)c2cccc3c(Cc4cnn(C5CCN(C(=O)C6(C)CCC6)CC5)c4)ccc1c23. The second-order valence-electron chi connectivity index (χ2n) is 12.0. The Morgan fingerprint density at radius 2 is 1.95 bits per heavy atom. The number of nitrogens with zero attached hydrogens (tertiary/aromatic N) is 4. The Hall–Kier alpha value is -4.01. The van der Waals surface area contributed by atoms with Gasteiger partial charge in [-0.25, -0.2) is 0 Å². The summed E-state index contributed by atoms with van der Waals surface area (Å²) >= 11 is 0. The molecule has 1 aromatic heterocycles. The Labute approximate surface area is 239 Å². The minimum atomic E-state index is -0.754. The quantitative estimate of drug-likeness (QED) is 0.395. The van der Waals surface area contributed by atoms with E-state index in [1.165, 1.54) is 0 Å². The van der Waals surface area contributed by atoms with Gasteiger partial charge in [0.1, 0.15) is 6.04 Å². The average Bonchev–Trinajstić information content (AvgIpc) is 3.55. The summed E-state index contributed by atoms with van der Waals surface area (Å²) in [6.45, 7) is 5.60. The molecule has 2 fully saturated rings. The van der Waals surface area contributed by atoms with Crippen molar-refractivity contribution in [3.63, 3.8) is 0 Å². The standard InChI is InChI=1S/C32H37N5O4/c1-3-6-27(29(39)33-20-38)37-26-10-9-22(24-7-4-8-25(28(24)26)30(37)40)17-21-18-34-36(19-21)23-11-15-35(16-12-23)31(41)32(2)13-5-14-32/h4,7-10,18-20,23,27H,3,5-6,11-17H2,1-2H3,(H,33,38,39). The molecule has 3 aromatic rings. The summed E-state index contributed by atoms with van der Waals surface area (Å²) < 4.78 is 2.05. The second kappa shape index (κ2) is 10.8. The number of likely N-dealkylation sites (tertiary alicyclic amines) is 1. The molecule has 3 aliphatic rings. The summed E-state index contributed by atoms with van der Waals surface area (Å²) in [7, 11) is 0. The van der Waals surface area contributed by atoms with E-state index >= 15 is 0 Å². The van der Waals surface area contributed by atoms with Crippen molar-refractivity contribution >= 4 is 40.6 Å². The smallest absolute Gasteiger partial charge is 0.259 e. The molecule has 9 nitrogen and oxygen atoms in total. The normalized spacial score (nSPS) is 18.8. The number of carbonyl (C=O) groups is 4. The predicted octanol–water partition coefficient (Wildman–Crippen LogP) is 4.38. The molecule has 0 spiro atoms. The van der Waals surface area contributed by atoms with Crippen molar-refractivity contribution in [2.24, 2.45) is 5.41 Å². The fourth-order valence-corrected chi connectivity index (χ4v) is 6.86. The highest BCUT2D eigenvalue weighted by Gasteiger charge is 2.43. The third-order valence-corrected chi connectivity index (χ3v) is 9.34. The molecule has 1 saturated carbocycles. The molecule has 1 aliphatic carbocycles. The summed E-state index contributed by atoms with van der Waals surface area (Å²) in [6, 6.07) is 9.17. The topological polar surface area (TPSA) is 105 Å². The van der Waals surface area contributed by atoms with E-state index in [2.05, 4.69) is 23.1 Å². The zero-order valence-corrected chi connectivity index (χ0v) is 23.8. The number of nitrogens with one attached hydrogen (secondary N) is 1. The Kier molecular flexibility index (Phi) is 7.13. The van der Waals surface area contributed by atoms with Crippen molar-refractivity contribution in [1.82, 2.24) is 20.0 Å². The van der Waals surface area contributed by atoms with Gasteiger partial charge in [-0.2, -0.15) is 5.10 Å². The van der Waals surface area contributed by atoms with E-state index < -0.39 is 11.9 Å². The molecule has 0 bridgehead atoms. The monoisotopic (exact) mass is 555 g/mol. The van der Waals surface area contributed by atoms with Crippen LogP contribution >= 0.6 is 0 Å². The van der Waals surface area contributed by atoms with Crippen molar-refractivity contribution < 1.29 is 19.2 Å². The van der Waals surface area contributed by atoms with Crippen LogP contribution in [-0.2, 0) is 20.8 Å². The van der Waals surface area contributed by atoms with E-state index in [9.17, 15) is 19.2 Å². The molecule has 214 valence electrons. The zero-order valence-electron chi connectivity index (χ0n) is 23.8. The van der Waals surface area contributed by atoms with Gasteiger partial charge in [0.2, 0.25) is 18.2 Å². The maximum atomic E-state index is 13.5. The van der Waals surface area contributed by atoms with Gasteiger partial charge in [0.05, 0.1) is 17.9 Å². The van der Waals surface area contributed by atoms with E-state index in [0.717, 1.165) is 67.1 Å². The molecule has 0 radical (unpaired) electrons. The van der Waals surface area contributed by atoms with Crippen LogP contribution in [0.4, 0.5) is 5.69 Å². The molecule has 1 saturated heterocycles. The first-order valence-electron chi connectivity index (χ1n) is 14.8. The number of amides is 4. The first-order chi connectivity index (χ1) is 19.8. The Morgan fingerprint density at radius 1 is 1.17 bits per heavy atom. The fourth-order valence-electron chi connectivity index (χ4n) is 6.86. The van der Waals surface area contributed by atoms with Gasteiger partial charge in [0.15, 0.2) is 0 Å². The van der Waals surface area contributed by atoms with Gasteiger partial charge in [0, 0.05) is 42.1 Å². The number of piperidine rings is 1. The molecule has 1 N–H and O–H groups in total. The van der Waals surface area contributed by atoms with Crippen LogP contribution in [0.5, 0.6) is 0 Å². The lowest BCUT2D eigenvalue weighted by molar-refractivity contribution is -0.147. The number of aromatic nitrogens is 2. The molecule has 2 aliphatic heterocycles. The van der Waals surface area contributed by atoms with Crippen LogP contribution in [0.25, 0.3) is 10.8 Å². The van der Waals surface area contributed by atoms with Gasteiger partial charge >= 0.3 is 0 Å². The molecule has 4 amide bonds. The summed E-state index contributed by atoms with van der Waals surface area (Å²) in [6.07, 6.45) is 11.2. The van der Waals surface area contributed by atoms with Crippen molar-refractivity contribution in [2.75, 3.05) is 18.0 Å². The predicted molar refractivity (Wildman–Crippen MR) is 156 cm³/mol. The summed E-state index contributed by atoms with van der Waals surface area (Å²) in [5.41, 5.74) is 3.30. The van der Waals surface area contributed by atoms with Gasteiger partial charge in [-0.1, -0.05) is 44.9 Å². The summed E-state index contributed by atoms with van der Waals surface area (Å²) in [5, 5.41) is 8.75. The van der Waals surface area contributed by atoms with Crippen LogP contribution in [0, 0.1) is 5.41 Å². The number of benzene rings is 2. The van der Waals surface area contributed by atoms with E-state index in [4.69, 9.17) is 5.10 Å². The largest absolute Gasteiger partial charge is 0.342 e. The maximum Gasteiger partial charge on any atom is 0.259 e. The number of imide groups is 1. The van der Waals surface area contributed by atoms with Crippen molar-refractivity contribution in [3.05, 3.63) is 59.4 Å². The van der Waals surface area contributed by atoms with Crippen molar-refractivity contribution in [1.29, 1.82) is 0 Å². The molecular formula is C32H37N5O4. The molecule has 6 rings (SSSR count). The molecule has 1 unspecified atom stereocenters. The first-order valence-corrected chi connectivity index (χ1v) is 14.8.